The van der Waals surface area contributed by atoms with Crippen LogP contribution in [0.3, 0.4) is 0 Å². The first-order valence-corrected chi connectivity index (χ1v) is 14.4. The highest BCUT2D eigenvalue weighted by Gasteiger charge is 2.00. The molecule has 0 aliphatic rings. The second-order valence-corrected chi connectivity index (χ2v) is 11.1. The summed E-state index contributed by atoms with van der Waals surface area (Å²) in [5, 5.41) is 0. The van der Waals surface area contributed by atoms with Crippen LogP contribution < -0.4 is 0 Å². The summed E-state index contributed by atoms with van der Waals surface area (Å²) >= 11 is 0. The Morgan fingerprint density at radius 1 is 0.667 bits per heavy atom. The van der Waals surface area contributed by atoms with E-state index in [1.54, 1.807) is 0 Å². The van der Waals surface area contributed by atoms with Crippen molar-refractivity contribution in [3.8, 4) is 0 Å². The number of hydrogen-bond acceptors (Lipinski definition) is 4. The summed E-state index contributed by atoms with van der Waals surface area (Å²) in [4.78, 5) is 0. The fraction of sp³-hybridized carbons (Fsp3) is 1.00. The molecule has 0 radical (unpaired) electrons. The summed E-state index contributed by atoms with van der Waals surface area (Å²) in [7, 11) is -2.94. The van der Waals surface area contributed by atoms with E-state index in [2.05, 4.69) is 23.6 Å². The molecule has 0 aliphatic heterocycles. The molecule has 166 valence electrons. The molecule has 6 heteroatoms. The van der Waals surface area contributed by atoms with Crippen molar-refractivity contribution in [2.45, 2.75) is 110 Å². The van der Waals surface area contributed by atoms with Crippen LogP contribution in [0.15, 0.2) is 0 Å². The summed E-state index contributed by atoms with van der Waals surface area (Å²) in [6.07, 6.45) is 28.3. The van der Waals surface area contributed by atoms with Crippen LogP contribution in [0, 0.1) is 0 Å². The van der Waals surface area contributed by atoms with Gasteiger partial charge >= 0.3 is 0 Å². The van der Waals surface area contributed by atoms with E-state index in [4.69, 9.17) is 0 Å². The Bertz CT molecular complexity index is 370. The molecule has 0 heterocycles. The van der Waals surface area contributed by atoms with Crippen LogP contribution >= 0.6 is 0 Å². The molecule has 0 unspecified atom stereocenters. The van der Waals surface area contributed by atoms with Crippen LogP contribution in [0.2, 0.25) is 0 Å². The van der Waals surface area contributed by atoms with Gasteiger partial charge in [0.2, 0.25) is 10.4 Å². The molecule has 27 heavy (non-hydrogen) atoms. The molecular formula is C21H46O4S2. The highest BCUT2D eigenvalue weighted by atomic mass is 32.3. The zero-order chi connectivity index (χ0) is 20.8. The number of hydrogen-bond donors (Lipinski definition) is 0. The molecule has 0 N–H and O–H groups in total. The summed E-state index contributed by atoms with van der Waals surface area (Å²) in [6.45, 7) is 2.30. The monoisotopic (exact) mass is 426 g/mol. The van der Waals surface area contributed by atoms with Crippen molar-refractivity contribution in [1.82, 2.24) is 0 Å². The minimum Gasteiger partial charge on any atom is -0.726 e. The van der Waals surface area contributed by atoms with Gasteiger partial charge in [-0.15, -0.1) is 0 Å². The SMILES string of the molecule is CCCCCCCCCCCCCCCCCC[S+](C)C.COS(=O)(=O)[O-]. The molecule has 0 fully saturated rings. The van der Waals surface area contributed by atoms with Crippen LogP contribution in [0.1, 0.15) is 110 Å². The van der Waals surface area contributed by atoms with Crippen molar-refractivity contribution in [2.24, 2.45) is 0 Å². The fourth-order valence-corrected chi connectivity index (χ4v) is 3.72. The summed E-state index contributed by atoms with van der Waals surface area (Å²) < 4.78 is 31.0. The van der Waals surface area contributed by atoms with Gasteiger partial charge in [0.15, 0.2) is 0 Å². The lowest BCUT2D eigenvalue weighted by atomic mass is 10.0. The quantitative estimate of drug-likeness (QED) is 0.113. The van der Waals surface area contributed by atoms with Crippen molar-refractivity contribution in [1.29, 1.82) is 0 Å². The van der Waals surface area contributed by atoms with E-state index in [9.17, 15) is 13.0 Å². The zero-order valence-electron chi connectivity index (χ0n) is 18.5. The third-order valence-electron chi connectivity index (χ3n) is 4.61. The molecule has 0 rings (SSSR count). The van der Waals surface area contributed by atoms with E-state index in [-0.39, 0.29) is 0 Å². The van der Waals surface area contributed by atoms with E-state index in [0.29, 0.717) is 10.9 Å². The van der Waals surface area contributed by atoms with Crippen molar-refractivity contribution < 1.29 is 17.2 Å². The molecule has 0 bridgehead atoms. The summed E-state index contributed by atoms with van der Waals surface area (Å²) in [5.41, 5.74) is 0. The van der Waals surface area contributed by atoms with Gasteiger partial charge in [-0.2, -0.15) is 0 Å². The lowest BCUT2D eigenvalue weighted by Gasteiger charge is -2.03. The fourth-order valence-electron chi connectivity index (χ4n) is 2.94. The predicted molar refractivity (Wildman–Crippen MR) is 120 cm³/mol. The molecule has 0 aromatic heterocycles. The highest BCUT2D eigenvalue weighted by Crippen LogP contribution is 2.13. The molecule has 0 amide bonds. The molecule has 0 saturated heterocycles. The van der Waals surface area contributed by atoms with Gasteiger partial charge in [-0.1, -0.05) is 96.8 Å². The number of rotatable bonds is 18. The van der Waals surface area contributed by atoms with Crippen molar-refractivity contribution in [2.75, 3.05) is 25.4 Å². The smallest absolute Gasteiger partial charge is 0.217 e. The van der Waals surface area contributed by atoms with Gasteiger partial charge in [-0.05, 0) is 23.7 Å². The van der Waals surface area contributed by atoms with Crippen molar-refractivity contribution in [3.63, 3.8) is 0 Å². The average molecular weight is 427 g/mol. The van der Waals surface area contributed by atoms with E-state index in [1.165, 1.54) is 108 Å². The van der Waals surface area contributed by atoms with E-state index < -0.39 is 10.4 Å². The molecule has 0 saturated carbocycles. The third-order valence-corrected chi connectivity index (χ3v) is 6.12. The first-order valence-electron chi connectivity index (χ1n) is 10.9. The Hall–Kier alpha value is 0.220. The largest absolute Gasteiger partial charge is 0.726 e. The predicted octanol–water partition coefficient (Wildman–Crippen LogP) is 6.22. The van der Waals surface area contributed by atoms with E-state index >= 15 is 0 Å². The minimum absolute atomic E-state index is 0.667. The Balaban J connectivity index is 0. The van der Waals surface area contributed by atoms with Crippen LogP contribution in [-0.4, -0.2) is 38.3 Å². The maximum atomic E-state index is 9.22. The van der Waals surface area contributed by atoms with Gasteiger partial charge < -0.3 is 4.55 Å². The van der Waals surface area contributed by atoms with E-state index in [0.717, 1.165) is 7.11 Å². The van der Waals surface area contributed by atoms with Gasteiger partial charge in [-0.25, -0.2) is 8.42 Å². The Kier molecular flexibility index (Phi) is 24.5. The normalized spacial score (nSPS) is 11.5. The van der Waals surface area contributed by atoms with Crippen LogP contribution in [0.4, 0.5) is 0 Å². The molecular weight excluding hydrogens is 380 g/mol. The van der Waals surface area contributed by atoms with Crippen LogP contribution in [-0.2, 0) is 25.5 Å². The Morgan fingerprint density at radius 3 is 1.15 bits per heavy atom. The highest BCUT2D eigenvalue weighted by molar-refractivity contribution is 7.95. The minimum atomic E-state index is -4.41. The third kappa shape index (κ3) is 34.2. The second-order valence-electron chi connectivity index (χ2n) is 7.57. The van der Waals surface area contributed by atoms with E-state index in [1.807, 2.05) is 0 Å². The molecule has 0 spiro atoms. The first kappa shape index (κ1) is 29.4. The van der Waals surface area contributed by atoms with Gasteiger partial charge in [-0.3, -0.25) is 4.18 Å². The maximum Gasteiger partial charge on any atom is 0.217 e. The summed E-state index contributed by atoms with van der Waals surface area (Å²) in [6, 6.07) is 0. The van der Waals surface area contributed by atoms with Crippen LogP contribution in [0.25, 0.3) is 0 Å². The van der Waals surface area contributed by atoms with Gasteiger partial charge in [0, 0.05) is 0 Å². The lowest BCUT2D eigenvalue weighted by molar-refractivity contribution is 0.314. The molecule has 0 aliphatic carbocycles. The molecule has 0 atom stereocenters. The average Bonchev–Trinajstić information content (AvgIpc) is 2.61. The van der Waals surface area contributed by atoms with Gasteiger partial charge in [0.05, 0.1) is 19.6 Å². The molecule has 4 nitrogen and oxygen atoms in total. The lowest BCUT2D eigenvalue weighted by Crippen LogP contribution is -2.00. The van der Waals surface area contributed by atoms with Crippen LogP contribution in [0.5, 0.6) is 0 Å². The molecule has 0 aromatic rings. The zero-order valence-corrected chi connectivity index (χ0v) is 20.1. The molecule has 0 aromatic carbocycles. The van der Waals surface area contributed by atoms with Crippen molar-refractivity contribution in [3.05, 3.63) is 0 Å². The second kappa shape index (κ2) is 22.5. The topological polar surface area (TPSA) is 66.4 Å². The summed E-state index contributed by atoms with van der Waals surface area (Å²) in [5.74, 6) is 1.46. The standard InChI is InChI=1S/C20H43S.CH4O4S/c1-4-5-6-7-8-9-10-11-12-13-14-15-16-17-18-19-20-21(2)3;1-5-6(2,3)4/h4-20H2,1-3H3;1H3,(H,2,3,4)/q+1;/p-1. The van der Waals surface area contributed by atoms with Gasteiger partial charge in [0.1, 0.15) is 5.75 Å². The Labute approximate surface area is 173 Å². The van der Waals surface area contributed by atoms with Gasteiger partial charge in [0.25, 0.3) is 0 Å². The van der Waals surface area contributed by atoms with Crippen molar-refractivity contribution >= 4 is 21.3 Å². The number of unbranched alkanes of at least 4 members (excludes halogenated alkanes) is 15. The first-order chi connectivity index (χ1) is 12.8. The Morgan fingerprint density at radius 2 is 0.926 bits per heavy atom. The maximum absolute atomic E-state index is 9.22.